The first kappa shape index (κ1) is 14.5. The van der Waals surface area contributed by atoms with Gasteiger partial charge in [-0.05, 0) is 31.2 Å². The number of carboxylic acid groups (broad SMARTS) is 1. The maximum absolute atomic E-state index is 12.0. The number of nitrogens with one attached hydrogen (secondary N) is 1. The number of ketones is 1. The van der Waals surface area contributed by atoms with Gasteiger partial charge in [-0.2, -0.15) is 0 Å². The van der Waals surface area contributed by atoms with Gasteiger partial charge in [0.1, 0.15) is 0 Å². The second kappa shape index (κ2) is 6.52. The van der Waals surface area contributed by atoms with Crippen LogP contribution < -0.4 is 5.32 Å². The van der Waals surface area contributed by atoms with E-state index in [4.69, 9.17) is 5.11 Å². The predicted molar refractivity (Wildman–Crippen MR) is 81.6 cm³/mol. The lowest BCUT2D eigenvalue weighted by Crippen LogP contribution is -2.02. The van der Waals surface area contributed by atoms with Crippen LogP contribution in [0, 0.1) is 0 Å². The van der Waals surface area contributed by atoms with Gasteiger partial charge in [0.25, 0.3) is 0 Å². The Morgan fingerprint density at radius 1 is 0.952 bits per heavy atom. The van der Waals surface area contributed by atoms with Crippen molar-refractivity contribution in [2.24, 2.45) is 0 Å². The molecule has 106 valence electrons. The van der Waals surface area contributed by atoms with Gasteiger partial charge in [0.05, 0.1) is 5.56 Å². The normalized spacial score (nSPS) is 11.0. The number of anilines is 1. The lowest BCUT2D eigenvalue weighted by atomic mass is 10.1. The highest BCUT2D eigenvalue weighted by Crippen LogP contribution is 2.12. The zero-order valence-corrected chi connectivity index (χ0v) is 11.5. The van der Waals surface area contributed by atoms with E-state index in [9.17, 15) is 9.59 Å². The van der Waals surface area contributed by atoms with E-state index in [2.05, 4.69) is 5.32 Å². The van der Waals surface area contributed by atoms with Crippen molar-refractivity contribution >= 4 is 17.4 Å². The van der Waals surface area contributed by atoms with Crippen LogP contribution in [0.5, 0.6) is 0 Å². The molecule has 2 aromatic rings. The first-order chi connectivity index (χ1) is 10.1. The van der Waals surface area contributed by atoms with Gasteiger partial charge in [-0.3, -0.25) is 4.79 Å². The highest BCUT2D eigenvalue weighted by Gasteiger charge is 2.04. The van der Waals surface area contributed by atoms with Crippen molar-refractivity contribution < 1.29 is 14.7 Å². The average Bonchev–Trinajstić information content (AvgIpc) is 2.48. The van der Waals surface area contributed by atoms with Crippen LogP contribution >= 0.6 is 0 Å². The molecular weight excluding hydrogens is 266 g/mol. The van der Waals surface area contributed by atoms with Gasteiger partial charge in [-0.25, -0.2) is 4.79 Å². The fourth-order valence-electron chi connectivity index (χ4n) is 1.84. The van der Waals surface area contributed by atoms with Crippen LogP contribution in [-0.4, -0.2) is 16.9 Å². The minimum Gasteiger partial charge on any atom is -0.478 e. The molecule has 0 bridgehead atoms. The van der Waals surface area contributed by atoms with Gasteiger partial charge in [0.2, 0.25) is 0 Å². The maximum Gasteiger partial charge on any atom is 0.335 e. The van der Waals surface area contributed by atoms with Crippen LogP contribution in [0.15, 0.2) is 66.4 Å². The van der Waals surface area contributed by atoms with Gasteiger partial charge in [0.15, 0.2) is 5.78 Å². The Morgan fingerprint density at radius 2 is 1.57 bits per heavy atom. The van der Waals surface area contributed by atoms with Crippen LogP contribution in [0.25, 0.3) is 0 Å². The van der Waals surface area contributed by atoms with Crippen molar-refractivity contribution in [2.45, 2.75) is 6.92 Å². The molecule has 0 heterocycles. The molecule has 0 aromatic heterocycles. The summed E-state index contributed by atoms with van der Waals surface area (Å²) in [5.74, 6) is -1.05. The number of carbonyl (C=O) groups excluding carboxylic acids is 1. The summed E-state index contributed by atoms with van der Waals surface area (Å²) in [5, 5.41) is 11.9. The summed E-state index contributed by atoms with van der Waals surface area (Å²) in [4.78, 5) is 22.8. The summed E-state index contributed by atoms with van der Waals surface area (Å²) in [6.45, 7) is 1.78. The molecule has 0 amide bonds. The van der Waals surface area contributed by atoms with Crippen LogP contribution in [0.3, 0.4) is 0 Å². The Bertz CT molecular complexity index is 673. The number of allylic oxidation sites excluding steroid dienone is 2. The SMILES string of the molecule is C/C(=C\C(=O)c1ccccc1)Nc1ccc(C(=O)O)cc1. The van der Waals surface area contributed by atoms with Crippen LogP contribution in [0.4, 0.5) is 5.69 Å². The number of carbonyl (C=O) groups is 2. The van der Waals surface area contributed by atoms with Gasteiger partial charge in [0, 0.05) is 23.0 Å². The molecule has 0 fully saturated rings. The highest BCUT2D eigenvalue weighted by molar-refractivity contribution is 6.05. The van der Waals surface area contributed by atoms with Crippen molar-refractivity contribution in [1.29, 1.82) is 0 Å². The van der Waals surface area contributed by atoms with Gasteiger partial charge in [-0.1, -0.05) is 30.3 Å². The largest absolute Gasteiger partial charge is 0.478 e. The third-order valence-electron chi connectivity index (χ3n) is 2.88. The standard InChI is InChI=1S/C17H15NO3/c1-12(11-16(19)13-5-3-2-4-6-13)18-15-9-7-14(8-10-15)17(20)21/h2-11,18H,1H3,(H,20,21)/b12-11+. The van der Waals surface area contributed by atoms with E-state index in [0.717, 1.165) is 5.69 Å². The summed E-state index contributed by atoms with van der Waals surface area (Å²) in [6.07, 6.45) is 1.51. The molecule has 21 heavy (non-hydrogen) atoms. The molecule has 0 unspecified atom stereocenters. The summed E-state index contributed by atoms with van der Waals surface area (Å²) in [6, 6.07) is 15.3. The number of benzene rings is 2. The summed E-state index contributed by atoms with van der Waals surface area (Å²) in [7, 11) is 0. The molecule has 0 radical (unpaired) electrons. The lowest BCUT2D eigenvalue weighted by molar-refractivity contribution is 0.0696. The second-order valence-corrected chi connectivity index (χ2v) is 4.57. The van der Waals surface area contributed by atoms with Crippen LogP contribution in [0.2, 0.25) is 0 Å². The van der Waals surface area contributed by atoms with Gasteiger partial charge in [-0.15, -0.1) is 0 Å². The fraction of sp³-hybridized carbons (Fsp3) is 0.0588. The molecule has 2 N–H and O–H groups in total. The van der Waals surface area contributed by atoms with E-state index in [0.29, 0.717) is 11.3 Å². The first-order valence-corrected chi connectivity index (χ1v) is 6.44. The molecule has 0 aliphatic carbocycles. The molecule has 2 aromatic carbocycles. The lowest BCUT2D eigenvalue weighted by Gasteiger charge is -2.06. The molecule has 4 heteroatoms. The van der Waals surface area contributed by atoms with Crippen molar-refractivity contribution in [3.8, 4) is 0 Å². The number of aromatic carboxylic acids is 1. The first-order valence-electron chi connectivity index (χ1n) is 6.44. The number of rotatable bonds is 5. The molecule has 4 nitrogen and oxygen atoms in total. The van der Waals surface area contributed by atoms with Crippen LogP contribution in [0.1, 0.15) is 27.6 Å². The quantitative estimate of drug-likeness (QED) is 0.649. The zero-order chi connectivity index (χ0) is 15.2. The molecule has 0 saturated heterocycles. The summed E-state index contributed by atoms with van der Waals surface area (Å²) in [5.41, 5.74) is 2.27. The molecule has 0 aliphatic rings. The Morgan fingerprint density at radius 3 is 2.14 bits per heavy atom. The van der Waals surface area contributed by atoms with E-state index in [1.807, 2.05) is 18.2 Å². The Hall–Kier alpha value is -2.88. The van der Waals surface area contributed by atoms with Crippen molar-refractivity contribution in [1.82, 2.24) is 0 Å². The third-order valence-corrected chi connectivity index (χ3v) is 2.88. The van der Waals surface area contributed by atoms with Crippen molar-refractivity contribution in [2.75, 3.05) is 5.32 Å². The maximum atomic E-state index is 12.0. The van der Waals surface area contributed by atoms with E-state index in [-0.39, 0.29) is 11.3 Å². The summed E-state index contributed by atoms with van der Waals surface area (Å²) < 4.78 is 0. The van der Waals surface area contributed by atoms with E-state index >= 15 is 0 Å². The topological polar surface area (TPSA) is 66.4 Å². The van der Waals surface area contributed by atoms with Crippen LogP contribution in [-0.2, 0) is 0 Å². The molecule has 0 saturated carbocycles. The molecule has 0 spiro atoms. The van der Waals surface area contributed by atoms with Gasteiger partial charge >= 0.3 is 5.97 Å². The zero-order valence-electron chi connectivity index (χ0n) is 11.5. The van der Waals surface area contributed by atoms with E-state index in [1.54, 1.807) is 31.2 Å². The minimum absolute atomic E-state index is 0.0808. The molecule has 0 aliphatic heterocycles. The second-order valence-electron chi connectivity index (χ2n) is 4.57. The number of carboxylic acids is 1. The Labute approximate surface area is 122 Å². The Kier molecular flexibility index (Phi) is 4.51. The predicted octanol–water partition coefficient (Wildman–Crippen LogP) is 3.58. The number of hydrogen-bond acceptors (Lipinski definition) is 3. The fourth-order valence-corrected chi connectivity index (χ4v) is 1.84. The minimum atomic E-state index is -0.965. The number of hydrogen-bond donors (Lipinski definition) is 2. The summed E-state index contributed by atoms with van der Waals surface area (Å²) >= 11 is 0. The van der Waals surface area contributed by atoms with E-state index < -0.39 is 5.97 Å². The smallest absolute Gasteiger partial charge is 0.335 e. The van der Waals surface area contributed by atoms with E-state index in [1.165, 1.54) is 18.2 Å². The average molecular weight is 281 g/mol. The molecular formula is C17H15NO3. The molecule has 0 atom stereocenters. The Balaban J connectivity index is 2.07. The third kappa shape index (κ3) is 4.04. The van der Waals surface area contributed by atoms with Gasteiger partial charge < -0.3 is 10.4 Å². The highest BCUT2D eigenvalue weighted by atomic mass is 16.4. The molecule has 2 rings (SSSR count). The monoisotopic (exact) mass is 281 g/mol. The van der Waals surface area contributed by atoms with Crippen molar-refractivity contribution in [3.05, 3.63) is 77.5 Å². The van der Waals surface area contributed by atoms with Crippen molar-refractivity contribution in [3.63, 3.8) is 0 Å².